The smallest absolute Gasteiger partial charge is 0.255 e. The summed E-state index contributed by atoms with van der Waals surface area (Å²) < 4.78 is 7.48. The van der Waals surface area contributed by atoms with Crippen molar-refractivity contribution in [3.05, 3.63) is 38.6 Å². The highest BCUT2D eigenvalue weighted by Gasteiger charge is 2.22. The Morgan fingerprint density at radius 3 is 2.57 bits per heavy atom. The summed E-state index contributed by atoms with van der Waals surface area (Å²) in [6.45, 7) is 12.8. The molecule has 0 unspecified atom stereocenters. The monoisotopic (exact) mass is 386 g/mol. The Morgan fingerprint density at radius 1 is 1.11 bits per heavy atom. The lowest BCUT2D eigenvalue weighted by Gasteiger charge is -2.27. The Kier molecular flexibility index (Phi) is 5.50. The number of hydrogen-bond donors (Lipinski definition) is 1. The van der Waals surface area contributed by atoms with E-state index in [0.29, 0.717) is 19.2 Å². The second-order valence-electron chi connectivity index (χ2n) is 7.66. The third-order valence-corrected chi connectivity index (χ3v) is 5.95. The van der Waals surface area contributed by atoms with E-state index in [1.807, 2.05) is 0 Å². The highest BCUT2D eigenvalue weighted by molar-refractivity contribution is 5.34. The van der Waals surface area contributed by atoms with Gasteiger partial charge in [0.15, 0.2) is 0 Å². The highest BCUT2D eigenvalue weighted by atomic mass is 16.5. The van der Waals surface area contributed by atoms with Gasteiger partial charge in [0.05, 0.1) is 24.6 Å². The minimum atomic E-state index is 0.0134. The average molecular weight is 387 g/mol. The first kappa shape index (κ1) is 19.1. The minimum absolute atomic E-state index is 0.0134. The van der Waals surface area contributed by atoms with Crippen LogP contribution in [0.15, 0.2) is 4.79 Å². The Hall–Kier alpha value is -2.19. The van der Waals surface area contributed by atoms with Crippen molar-refractivity contribution in [2.75, 3.05) is 44.3 Å². The maximum Gasteiger partial charge on any atom is 0.255 e. The third kappa shape index (κ3) is 3.71. The van der Waals surface area contributed by atoms with Crippen molar-refractivity contribution in [2.45, 2.75) is 46.7 Å². The number of H-pyrrole nitrogens is 1. The molecule has 2 aromatic rings. The summed E-state index contributed by atoms with van der Waals surface area (Å²) in [5.41, 5.74) is 5.46. The molecule has 0 bridgehead atoms. The van der Waals surface area contributed by atoms with E-state index in [4.69, 9.17) is 9.72 Å². The van der Waals surface area contributed by atoms with Crippen LogP contribution in [0.3, 0.4) is 0 Å². The lowest BCUT2D eigenvalue weighted by molar-refractivity contribution is 0.122. The van der Waals surface area contributed by atoms with Gasteiger partial charge in [0.1, 0.15) is 0 Å². The molecule has 1 fully saturated rings. The maximum atomic E-state index is 12.7. The van der Waals surface area contributed by atoms with Crippen molar-refractivity contribution in [3.63, 3.8) is 0 Å². The van der Waals surface area contributed by atoms with Gasteiger partial charge in [-0.05, 0) is 27.2 Å². The Balaban J connectivity index is 1.51. The van der Waals surface area contributed by atoms with E-state index < -0.39 is 0 Å². The summed E-state index contributed by atoms with van der Waals surface area (Å²) >= 11 is 0. The van der Waals surface area contributed by atoms with Crippen LogP contribution in [0.25, 0.3) is 0 Å². The number of fused-ring (bicyclic) bond motifs is 1. The summed E-state index contributed by atoms with van der Waals surface area (Å²) in [4.78, 5) is 25.1. The predicted octanol–water partition coefficient (Wildman–Crippen LogP) is 1.04. The van der Waals surface area contributed by atoms with Crippen molar-refractivity contribution in [1.29, 1.82) is 0 Å². The zero-order valence-electron chi connectivity index (χ0n) is 17.1. The van der Waals surface area contributed by atoms with Crippen molar-refractivity contribution < 1.29 is 4.74 Å². The zero-order chi connectivity index (χ0) is 19.7. The minimum Gasteiger partial charge on any atom is -0.378 e. The largest absolute Gasteiger partial charge is 0.378 e. The third-order valence-electron chi connectivity index (χ3n) is 5.95. The number of rotatable bonds is 4. The molecule has 4 heterocycles. The summed E-state index contributed by atoms with van der Waals surface area (Å²) in [6.07, 6.45) is 1.54. The number of aromatic amines is 1. The van der Waals surface area contributed by atoms with Gasteiger partial charge in [-0.1, -0.05) is 0 Å². The maximum absolute atomic E-state index is 12.7. The second-order valence-corrected chi connectivity index (χ2v) is 7.66. The summed E-state index contributed by atoms with van der Waals surface area (Å²) in [5.74, 6) is 0.691. The summed E-state index contributed by atoms with van der Waals surface area (Å²) in [5, 5.41) is 4.64. The topological polar surface area (TPSA) is 79.3 Å². The molecule has 4 rings (SSSR count). The number of anilines is 1. The molecule has 1 N–H and O–H groups in total. The molecular formula is C20H30N6O2. The van der Waals surface area contributed by atoms with Crippen LogP contribution in [-0.2, 0) is 30.7 Å². The van der Waals surface area contributed by atoms with Gasteiger partial charge in [0, 0.05) is 62.5 Å². The van der Waals surface area contributed by atoms with Crippen LogP contribution < -0.4 is 10.5 Å². The SMILES string of the molecule is CCn1nc(C)c(CN2CCc3nc(N4CCOCC4)[nH]c(=O)c3CC2)c1C. The average Bonchev–Trinajstić information content (AvgIpc) is 2.86. The summed E-state index contributed by atoms with van der Waals surface area (Å²) in [7, 11) is 0. The van der Waals surface area contributed by atoms with E-state index in [2.05, 4.69) is 45.3 Å². The fourth-order valence-electron chi connectivity index (χ4n) is 4.22. The first-order valence-corrected chi connectivity index (χ1v) is 10.3. The van der Waals surface area contributed by atoms with Crippen LogP contribution in [0.2, 0.25) is 0 Å². The molecule has 28 heavy (non-hydrogen) atoms. The van der Waals surface area contributed by atoms with Gasteiger partial charge in [0.25, 0.3) is 5.56 Å². The molecule has 0 amide bonds. The fourth-order valence-corrected chi connectivity index (χ4v) is 4.22. The van der Waals surface area contributed by atoms with E-state index in [-0.39, 0.29) is 5.56 Å². The van der Waals surface area contributed by atoms with Crippen LogP contribution >= 0.6 is 0 Å². The number of hydrogen-bond acceptors (Lipinski definition) is 6. The number of aromatic nitrogens is 4. The van der Waals surface area contributed by atoms with Gasteiger partial charge in [-0.2, -0.15) is 5.10 Å². The molecular weight excluding hydrogens is 356 g/mol. The van der Waals surface area contributed by atoms with Crippen LogP contribution in [-0.4, -0.2) is 64.0 Å². The molecule has 0 aliphatic carbocycles. The molecule has 0 atom stereocenters. The lowest BCUT2D eigenvalue weighted by atomic mass is 10.1. The van der Waals surface area contributed by atoms with Crippen LogP contribution in [0.5, 0.6) is 0 Å². The fraction of sp³-hybridized carbons (Fsp3) is 0.650. The molecule has 8 nitrogen and oxygen atoms in total. The van der Waals surface area contributed by atoms with Gasteiger partial charge in [-0.3, -0.25) is 19.4 Å². The highest BCUT2D eigenvalue weighted by Crippen LogP contribution is 2.19. The molecule has 0 aromatic carbocycles. The Bertz CT molecular complexity index is 897. The Morgan fingerprint density at radius 2 is 1.86 bits per heavy atom. The van der Waals surface area contributed by atoms with Crippen molar-refractivity contribution in [1.82, 2.24) is 24.6 Å². The van der Waals surface area contributed by atoms with Gasteiger partial charge in [0.2, 0.25) is 5.95 Å². The molecule has 2 aromatic heterocycles. The van der Waals surface area contributed by atoms with Crippen LogP contribution in [0.4, 0.5) is 5.95 Å². The number of nitrogens with zero attached hydrogens (tertiary/aromatic N) is 5. The van der Waals surface area contributed by atoms with Gasteiger partial charge in [-0.15, -0.1) is 0 Å². The first-order valence-electron chi connectivity index (χ1n) is 10.3. The quantitative estimate of drug-likeness (QED) is 0.846. The standard InChI is InChI=1S/C20H30N6O2/c1-4-26-15(3)17(14(2)23-26)13-24-7-5-16-18(6-8-24)21-20(22-19(16)27)25-9-11-28-12-10-25/h4-13H2,1-3H3,(H,21,22,27). The number of ether oxygens (including phenoxy) is 1. The van der Waals surface area contributed by atoms with Crippen LogP contribution in [0.1, 0.15) is 35.1 Å². The molecule has 2 aliphatic rings. The number of nitrogens with one attached hydrogen (secondary N) is 1. The Labute approximate surface area is 165 Å². The number of morpholine rings is 1. The van der Waals surface area contributed by atoms with Gasteiger partial charge >= 0.3 is 0 Å². The second kappa shape index (κ2) is 8.05. The predicted molar refractivity (Wildman–Crippen MR) is 108 cm³/mol. The van der Waals surface area contributed by atoms with E-state index in [1.165, 1.54) is 11.3 Å². The molecule has 0 spiro atoms. The van der Waals surface area contributed by atoms with E-state index in [9.17, 15) is 4.79 Å². The van der Waals surface area contributed by atoms with E-state index >= 15 is 0 Å². The molecule has 8 heteroatoms. The first-order chi connectivity index (χ1) is 13.6. The van der Waals surface area contributed by atoms with E-state index in [1.54, 1.807) is 0 Å². The summed E-state index contributed by atoms with van der Waals surface area (Å²) in [6, 6.07) is 0. The molecule has 1 saturated heterocycles. The molecule has 0 radical (unpaired) electrons. The molecule has 152 valence electrons. The van der Waals surface area contributed by atoms with Gasteiger partial charge in [-0.25, -0.2) is 4.98 Å². The molecule has 0 saturated carbocycles. The molecule has 2 aliphatic heterocycles. The van der Waals surface area contributed by atoms with Crippen LogP contribution in [0, 0.1) is 13.8 Å². The lowest BCUT2D eigenvalue weighted by Crippen LogP contribution is -2.38. The van der Waals surface area contributed by atoms with Crippen molar-refractivity contribution in [3.8, 4) is 0 Å². The normalized spacial score (nSPS) is 18.2. The zero-order valence-corrected chi connectivity index (χ0v) is 17.1. The van der Waals surface area contributed by atoms with Crippen molar-refractivity contribution >= 4 is 5.95 Å². The number of aryl methyl sites for hydroxylation is 2. The van der Waals surface area contributed by atoms with Crippen molar-refractivity contribution in [2.24, 2.45) is 0 Å². The van der Waals surface area contributed by atoms with E-state index in [0.717, 1.165) is 69.1 Å². The van der Waals surface area contributed by atoms with Gasteiger partial charge < -0.3 is 9.64 Å².